The molecule has 20 aromatic carbocycles. The van der Waals surface area contributed by atoms with Gasteiger partial charge in [0.05, 0.1) is 0 Å². The molecule has 0 aliphatic carbocycles. The molecular formula is C126H102N6. The van der Waals surface area contributed by atoms with Crippen LogP contribution in [0, 0.1) is 41.5 Å². The Kier molecular flexibility index (Phi) is 25.2. The third-order valence-corrected chi connectivity index (χ3v) is 24.5. The summed E-state index contributed by atoms with van der Waals surface area (Å²) in [5.41, 5.74) is 41.3. The van der Waals surface area contributed by atoms with E-state index >= 15 is 0 Å². The van der Waals surface area contributed by atoms with Crippen LogP contribution in [-0.2, 0) is 0 Å². The van der Waals surface area contributed by atoms with Crippen molar-refractivity contribution in [2.24, 2.45) is 0 Å². The van der Waals surface area contributed by atoms with Crippen LogP contribution in [0.15, 0.2) is 510 Å². The molecular weight excluding hydrogens is 1600 g/mol. The van der Waals surface area contributed by atoms with Crippen LogP contribution >= 0.6 is 0 Å². The van der Waals surface area contributed by atoms with Crippen molar-refractivity contribution in [1.29, 1.82) is 0 Å². The van der Waals surface area contributed by atoms with Gasteiger partial charge in [0.2, 0.25) is 0 Å². The maximum absolute atomic E-state index is 2.34. The Morgan fingerprint density at radius 3 is 0.288 bits per heavy atom. The fraction of sp³-hybridized carbons (Fsp3) is 0.0476. The Labute approximate surface area is 777 Å². The lowest BCUT2D eigenvalue weighted by atomic mass is 9.93. The van der Waals surface area contributed by atoms with Crippen molar-refractivity contribution in [3.8, 4) is 66.8 Å². The van der Waals surface area contributed by atoms with E-state index in [-0.39, 0.29) is 0 Å². The van der Waals surface area contributed by atoms with Gasteiger partial charge in [-0.15, -0.1) is 0 Å². The Balaban J connectivity index is 0.000000171. The summed E-state index contributed by atoms with van der Waals surface area (Å²) in [4.78, 5) is 13.9. The van der Waals surface area contributed by atoms with Gasteiger partial charge in [-0.05, 0) is 363 Å². The summed E-state index contributed by atoms with van der Waals surface area (Å²) in [6.45, 7) is 12.8. The lowest BCUT2D eigenvalue weighted by Gasteiger charge is -2.26. The fourth-order valence-electron chi connectivity index (χ4n) is 17.4. The topological polar surface area (TPSA) is 19.4 Å². The minimum absolute atomic E-state index is 1.10. The van der Waals surface area contributed by atoms with E-state index < -0.39 is 0 Å². The lowest BCUT2D eigenvalue weighted by Crippen LogP contribution is -2.10. The molecule has 0 aromatic heterocycles. The van der Waals surface area contributed by atoms with Crippen molar-refractivity contribution < 1.29 is 0 Å². The number of aryl methyl sites for hydroxylation is 6. The molecule has 0 unspecified atom stereocenters. The van der Waals surface area contributed by atoms with Crippen LogP contribution in [-0.4, -0.2) is 0 Å². The Morgan fingerprint density at radius 2 is 0.182 bits per heavy atom. The zero-order valence-electron chi connectivity index (χ0n) is 75.2. The number of nitrogens with zero attached hydrogens (tertiary/aromatic N) is 6. The second-order valence-corrected chi connectivity index (χ2v) is 33.9. The zero-order valence-corrected chi connectivity index (χ0v) is 75.2. The van der Waals surface area contributed by atoms with E-state index in [1.807, 2.05) is 0 Å². The second-order valence-electron chi connectivity index (χ2n) is 33.9. The molecule has 0 fully saturated rings. The molecule has 636 valence electrons. The first kappa shape index (κ1) is 84.7. The predicted molar refractivity (Wildman–Crippen MR) is 562 cm³/mol. The predicted octanol–water partition coefficient (Wildman–Crippen LogP) is 36.0. The maximum atomic E-state index is 2.34. The van der Waals surface area contributed by atoms with Gasteiger partial charge in [-0.3, -0.25) is 0 Å². The van der Waals surface area contributed by atoms with Crippen LogP contribution in [0.1, 0.15) is 33.4 Å². The molecule has 0 saturated carbocycles. The van der Waals surface area contributed by atoms with Crippen LogP contribution < -0.4 is 29.4 Å². The Hall–Kier alpha value is -16.8. The van der Waals surface area contributed by atoms with E-state index in [2.05, 4.69) is 581 Å². The van der Waals surface area contributed by atoms with Crippen LogP contribution in [0.2, 0.25) is 0 Å². The molecule has 20 rings (SSSR count). The highest BCUT2D eigenvalue weighted by molar-refractivity contribution is 5.90. The molecule has 0 bridgehead atoms. The molecule has 6 nitrogen and oxygen atoms in total. The van der Waals surface area contributed by atoms with Gasteiger partial charge in [-0.2, -0.15) is 0 Å². The molecule has 0 radical (unpaired) electrons. The van der Waals surface area contributed by atoms with Crippen molar-refractivity contribution >= 4 is 102 Å². The molecule has 20 aromatic rings. The molecule has 0 heterocycles. The fourth-order valence-corrected chi connectivity index (χ4v) is 17.4. The summed E-state index contributed by atoms with van der Waals surface area (Å²) in [6.07, 6.45) is 0. The largest absolute Gasteiger partial charge is 0.311 e. The molecule has 0 aliphatic rings. The number of anilines is 18. The molecule has 0 saturated heterocycles. The number of hydrogen-bond donors (Lipinski definition) is 0. The summed E-state index contributed by atoms with van der Waals surface area (Å²) in [7, 11) is 0. The Bertz CT molecular complexity index is 6200. The third kappa shape index (κ3) is 19.4. The molecule has 0 N–H and O–H groups in total. The maximum Gasteiger partial charge on any atom is 0.0462 e. The monoisotopic (exact) mass is 1700 g/mol. The minimum atomic E-state index is 1.10. The number of hydrogen-bond acceptors (Lipinski definition) is 6. The molecule has 6 heteroatoms. The van der Waals surface area contributed by atoms with Gasteiger partial charge >= 0.3 is 0 Å². The van der Waals surface area contributed by atoms with Gasteiger partial charge in [0.1, 0.15) is 0 Å². The third-order valence-electron chi connectivity index (χ3n) is 24.5. The highest BCUT2D eigenvalue weighted by Crippen LogP contribution is 2.46. The first-order valence-electron chi connectivity index (χ1n) is 45.3. The van der Waals surface area contributed by atoms with Gasteiger partial charge < -0.3 is 29.4 Å². The van der Waals surface area contributed by atoms with Crippen LogP contribution in [0.4, 0.5) is 102 Å². The average Bonchev–Trinajstić information content (AvgIpc) is 0.783. The van der Waals surface area contributed by atoms with Crippen molar-refractivity contribution in [3.05, 3.63) is 543 Å². The van der Waals surface area contributed by atoms with E-state index in [1.165, 1.54) is 33.4 Å². The van der Waals surface area contributed by atoms with Gasteiger partial charge in [0.25, 0.3) is 0 Å². The van der Waals surface area contributed by atoms with Gasteiger partial charge in [-0.1, -0.05) is 288 Å². The van der Waals surface area contributed by atoms with Crippen molar-refractivity contribution in [3.63, 3.8) is 0 Å². The Morgan fingerprint density at radius 1 is 0.0909 bits per heavy atom. The SMILES string of the molecule is Cc1ccc(N(c2ccc(C)cc2)c2ccc(-c3cc(-c4ccc(N(c5ccc(C)cc5)c5ccc(C)cc5)cc4)cc(-c4ccc(N(c5ccc(C)cc5)c5ccc(C)cc5)cc4)c3)cc2)cc1.c1ccc(N(c2ccccc2)c2ccc(-c3cc(-c4ccc(N(c5ccccc5)c5ccccc5)cc4)cc(-c4ccc(N(c5ccccc5)c5ccccc5)cc4)c3)cc2)cc1. The molecule has 0 amide bonds. The smallest absolute Gasteiger partial charge is 0.0462 e. The van der Waals surface area contributed by atoms with Gasteiger partial charge in [0, 0.05) is 102 Å². The zero-order chi connectivity index (χ0) is 89.6. The normalized spacial score (nSPS) is 11.0. The van der Waals surface area contributed by atoms with E-state index in [4.69, 9.17) is 0 Å². The standard InChI is InChI=1S/C66H57N3.C60H45N3/c1-46-7-25-58(26-8-46)67(59-27-9-47(2)10-28-59)64-37-19-52(20-38-64)55-43-56(53-21-39-65(40-22-53)68(60-29-11-48(3)12-30-60)61-31-13-49(4)14-32-61)45-57(44-55)54-23-41-66(42-24-54)69(62-33-15-50(5)16-34-62)63-35-17-51(6)18-36-63;1-7-19-52(20-8-1)61(53-21-9-2-10-22-53)58-37-31-46(32-38-58)49-43-50(47-33-39-59(40-34-47)62(54-23-11-3-12-24-54)55-25-13-4-14-26-55)45-51(44-49)48-35-41-60(42-36-48)63(56-27-15-5-16-28-56)57-29-17-6-18-30-57/h7-45H,1-6H3;1-45H. The van der Waals surface area contributed by atoms with E-state index in [0.29, 0.717) is 0 Å². The lowest BCUT2D eigenvalue weighted by molar-refractivity contribution is 1.27. The quantitative estimate of drug-likeness (QED) is 0.0596. The van der Waals surface area contributed by atoms with Gasteiger partial charge in [0.15, 0.2) is 0 Å². The first-order chi connectivity index (χ1) is 64.9. The van der Waals surface area contributed by atoms with Crippen molar-refractivity contribution in [2.45, 2.75) is 41.5 Å². The molecule has 132 heavy (non-hydrogen) atoms. The van der Waals surface area contributed by atoms with Crippen LogP contribution in [0.25, 0.3) is 66.8 Å². The first-order valence-corrected chi connectivity index (χ1v) is 45.3. The number of benzene rings is 20. The summed E-state index contributed by atoms with van der Waals surface area (Å²) < 4.78 is 0. The van der Waals surface area contributed by atoms with E-state index in [1.54, 1.807) is 0 Å². The summed E-state index contributed by atoms with van der Waals surface area (Å²) >= 11 is 0. The summed E-state index contributed by atoms with van der Waals surface area (Å²) in [6, 6.07) is 184. The number of para-hydroxylation sites is 6. The molecule has 0 spiro atoms. The highest BCUT2D eigenvalue weighted by atomic mass is 15.2. The second kappa shape index (κ2) is 39.2. The van der Waals surface area contributed by atoms with Crippen LogP contribution in [0.3, 0.4) is 0 Å². The highest BCUT2D eigenvalue weighted by Gasteiger charge is 2.22. The van der Waals surface area contributed by atoms with Crippen molar-refractivity contribution in [2.75, 3.05) is 29.4 Å². The van der Waals surface area contributed by atoms with Gasteiger partial charge in [-0.25, -0.2) is 0 Å². The van der Waals surface area contributed by atoms with E-state index in [0.717, 1.165) is 169 Å². The number of rotatable bonds is 24. The van der Waals surface area contributed by atoms with Crippen molar-refractivity contribution in [1.82, 2.24) is 0 Å². The summed E-state index contributed by atoms with van der Waals surface area (Å²) in [5.74, 6) is 0. The average molecular weight is 1700 g/mol. The minimum Gasteiger partial charge on any atom is -0.311 e. The van der Waals surface area contributed by atoms with Crippen LogP contribution in [0.5, 0.6) is 0 Å². The van der Waals surface area contributed by atoms with E-state index in [9.17, 15) is 0 Å². The summed E-state index contributed by atoms with van der Waals surface area (Å²) in [5, 5.41) is 0. The molecule has 0 aliphatic heterocycles. The molecule has 0 atom stereocenters.